The molecule has 1 aromatic carbocycles. The first kappa shape index (κ1) is 44.5. The fraction of sp³-hybridized carbons (Fsp3) is 0.455. The normalized spacial score (nSPS) is 16.3. The zero-order valence-electron chi connectivity index (χ0n) is 35.0. The summed E-state index contributed by atoms with van der Waals surface area (Å²) in [5, 5.41) is 6.50. The lowest BCUT2D eigenvalue weighted by molar-refractivity contribution is -0.161. The minimum absolute atomic E-state index is 0.0117. The lowest BCUT2D eigenvalue weighted by Crippen LogP contribution is -2.43. The van der Waals surface area contributed by atoms with Gasteiger partial charge in [0.25, 0.3) is 0 Å². The monoisotopic (exact) mass is 863 g/mol. The van der Waals surface area contributed by atoms with Crippen molar-refractivity contribution in [2.45, 2.75) is 97.6 Å². The van der Waals surface area contributed by atoms with Gasteiger partial charge in [0, 0.05) is 60.2 Å². The van der Waals surface area contributed by atoms with Crippen molar-refractivity contribution in [3.05, 3.63) is 81.8 Å². The highest BCUT2D eigenvalue weighted by atomic mass is 35.5. The van der Waals surface area contributed by atoms with Crippen LogP contribution in [-0.4, -0.2) is 86.7 Å². The molecule has 16 heteroatoms. The van der Waals surface area contributed by atoms with E-state index in [1.165, 1.54) is 12.0 Å². The van der Waals surface area contributed by atoms with E-state index in [4.69, 9.17) is 42.4 Å². The van der Waals surface area contributed by atoms with E-state index in [0.29, 0.717) is 84.6 Å². The van der Waals surface area contributed by atoms with Crippen LogP contribution >= 0.6 is 23.2 Å². The number of hydrogen-bond acceptors (Lipinski definition) is 11. The molecule has 0 radical (unpaired) electrons. The van der Waals surface area contributed by atoms with Gasteiger partial charge in [-0.25, -0.2) is 19.2 Å². The highest BCUT2D eigenvalue weighted by molar-refractivity contribution is 6.39. The van der Waals surface area contributed by atoms with Crippen molar-refractivity contribution < 1.29 is 33.0 Å². The number of benzene rings is 1. The predicted octanol–water partition coefficient (Wildman–Crippen LogP) is 8.97. The minimum atomic E-state index is -0.724. The number of anilines is 2. The SMILES string of the molecule is COc1nc(-c2ccnc(-c3cccc(Nc4nccc(CN5CCC(C(=O)OC(C)(C)C)CC5)c4F)c3Cl)c2Cl)ccc1CN(C[C@@H]1CCC(=O)N1)C(=O)OC(C)(C)C. The fourth-order valence-corrected chi connectivity index (χ4v) is 7.72. The van der Waals surface area contributed by atoms with Crippen molar-refractivity contribution >= 4 is 52.7 Å². The van der Waals surface area contributed by atoms with E-state index >= 15 is 4.39 Å². The largest absolute Gasteiger partial charge is 0.481 e. The molecule has 3 aromatic heterocycles. The highest BCUT2D eigenvalue weighted by Crippen LogP contribution is 2.41. The molecule has 0 aliphatic carbocycles. The molecule has 0 saturated carbocycles. The van der Waals surface area contributed by atoms with E-state index in [9.17, 15) is 14.4 Å². The van der Waals surface area contributed by atoms with Gasteiger partial charge in [-0.2, -0.15) is 0 Å². The van der Waals surface area contributed by atoms with E-state index in [0.717, 1.165) is 0 Å². The topological polar surface area (TPSA) is 148 Å². The molecule has 1 atom stereocenters. The zero-order chi connectivity index (χ0) is 43.4. The number of aromatic nitrogens is 3. The van der Waals surface area contributed by atoms with Gasteiger partial charge in [0.05, 0.1) is 46.7 Å². The van der Waals surface area contributed by atoms with Crippen molar-refractivity contribution in [3.63, 3.8) is 0 Å². The van der Waals surface area contributed by atoms with Gasteiger partial charge < -0.3 is 29.7 Å². The molecule has 2 N–H and O–H groups in total. The number of carbonyl (C=O) groups is 3. The summed E-state index contributed by atoms with van der Waals surface area (Å²) in [6, 6.07) is 12.0. The Morgan fingerprint density at radius 1 is 0.917 bits per heavy atom. The van der Waals surface area contributed by atoms with Crippen molar-refractivity contribution in [1.29, 1.82) is 0 Å². The summed E-state index contributed by atoms with van der Waals surface area (Å²) >= 11 is 14.0. The molecule has 5 heterocycles. The number of carbonyl (C=O) groups excluding carboxylic acids is 3. The number of hydrogen-bond donors (Lipinski definition) is 2. The van der Waals surface area contributed by atoms with E-state index in [1.807, 2.05) is 20.8 Å². The average Bonchev–Trinajstić information content (AvgIpc) is 3.60. The number of halogens is 3. The van der Waals surface area contributed by atoms with Gasteiger partial charge in [0.15, 0.2) is 11.6 Å². The Morgan fingerprint density at radius 3 is 2.30 bits per heavy atom. The molecule has 2 fully saturated rings. The second kappa shape index (κ2) is 18.7. The number of ether oxygens (including phenoxy) is 3. The van der Waals surface area contributed by atoms with Crippen molar-refractivity contribution in [3.8, 4) is 28.4 Å². The first-order chi connectivity index (χ1) is 28.4. The second-order valence-electron chi connectivity index (χ2n) is 17.1. The Morgan fingerprint density at radius 2 is 1.63 bits per heavy atom. The Kier molecular flexibility index (Phi) is 13.9. The molecule has 2 saturated heterocycles. The molecule has 0 spiro atoms. The molecule has 4 aromatic rings. The number of piperidine rings is 1. The lowest BCUT2D eigenvalue weighted by atomic mass is 9.96. The summed E-state index contributed by atoms with van der Waals surface area (Å²) in [6.45, 7) is 13.0. The molecule has 60 heavy (non-hydrogen) atoms. The van der Waals surface area contributed by atoms with Crippen molar-refractivity contribution in [2.24, 2.45) is 5.92 Å². The third kappa shape index (κ3) is 11.2. The number of nitrogens with one attached hydrogen (secondary N) is 2. The highest BCUT2D eigenvalue weighted by Gasteiger charge is 2.31. The molecule has 6 rings (SSSR count). The van der Waals surface area contributed by atoms with Gasteiger partial charge in [-0.05, 0) is 104 Å². The van der Waals surface area contributed by atoms with Crippen LogP contribution in [0.5, 0.6) is 5.88 Å². The average molecular weight is 865 g/mol. The maximum Gasteiger partial charge on any atom is 0.410 e. The van der Waals surface area contributed by atoms with Crippen molar-refractivity contribution in [1.82, 2.24) is 30.1 Å². The van der Waals surface area contributed by atoms with Crippen LogP contribution in [0, 0.1) is 11.7 Å². The fourth-order valence-electron chi connectivity index (χ4n) is 7.15. The molecule has 320 valence electrons. The van der Waals surface area contributed by atoms with E-state index < -0.39 is 23.1 Å². The van der Waals surface area contributed by atoms with Gasteiger partial charge in [-0.3, -0.25) is 19.5 Å². The van der Waals surface area contributed by atoms with Crippen LogP contribution in [0.2, 0.25) is 10.0 Å². The maximum atomic E-state index is 16.0. The molecular weight excluding hydrogens is 812 g/mol. The molecule has 0 unspecified atom stereocenters. The first-order valence-electron chi connectivity index (χ1n) is 20.0. The maximum absolute atomic E-state index is 16.0. The van der Waals surface area contributed by atoms with Crippen molar-refractivity contribution in [2.75, 3.05) is 32.1 Å². The van der Waals surface area contributed by atoms with Crippen LogP contribution in [0.4, 0.5) is 20.7 Å². The number of likely N-dealkylation sites (tertiary alicyclic amines) is 1. The van der Waals surface area contributed by atoms with Gasteiger partial charge in [0.1, 0.15) is 11.2 Å². The standard InChI is InChI=1S/C44H52Cl2FN7O6/c1-43(2,3)59-41(56)26-17-21-53(22-18-26)23-27-15-19-49-39(37(27)47)51-33-10-8-9-31(35(33)45)38-36(46)30(16-20-48-38)32-13-11-28(40(52-32)58-7)24-54(42(57)60-44(4,5)6)25-29-12-14-34(55)50-29/h8-11,13,15-16,19-20,26,29H,12,14,17-18,21-25H2,1-7H3,(H,49,51)(H,50,55)/t29-/m0/s1. The van der Waals surface area contributed by atoms with E-state index in [-0.39, 0.29) is 58.7 Å². The van der Waals surface area contributed by atoms with Crippen LogP contribution in [0.15, 0.2) is 54.9 Å². The number of methoxy groups -OCH3 is 1. The second-order valence-corrected chi connectivity index (χ2v) is 17.8. The third-order valence-electron chi connectivity index (χ3n) is 10.0. The summed E-state index contributed by atoms with van der Waals surface area (Å²) in [7, 11) is 1.49. The number of esters is 1. The molecule has 2 amide bonds. The summed E-state index contributed by atoms with van der Waals surface area (Å²) in [6.07, 6.45) is 4.90. The zero-order valence-corrected chi connectivity index (χ0v) is 36.5. The Labute approximate surface area is 360 Å². The Hall–Kier alpha value is -5.05. The molecule has 2 aliphatic heterocycles. The first-order valence-corrected chi connectivity index (χ1v) is 20.7. The summed E-state index contributed by atoms with van der Waals surface area (Å²) < 4.78 is 32.9. The smallest absolute Gasteiger partial charge is 0.410 e. The van der Waals surface area contributed by atoms with Gasteiger partial charge >= 0.3 is 12.1 Å². The number of rotatable bonds is 12. The van der Waals surface area contributed by atoms with Crippen LogP contribution in [0.1, 0.15) is 78.4 Å². The summed E-state index contributed by atoms with van der Waals surface area (Å²) in [5.74, 6) is -0.634. The number of nitrogens with zero attached hydrogens (tertiary/aromatic N) is 5. The van der Waals surface area contributed by atoms with Gasteiger partial charge in [0.2, 0.25) is 11.8 Å². The van der Waals surface area contributed by atoms with Gasteiger partial charge in [-0.15, -0.1) is 0 Å². The molecule has 13 nitrogen and oxygen atoms in total. The predicted molar refractivity (Wildman–Crippen MR) is 229 cm³/mol. The summed E-state index contributed by atoms with van der Waals surface area (Å²) in [4.78, 5) is 55.1. The lowest BCUT2D eigenvalue weighted by Gasteiger charge is -2.32. The third-order valence-corrected chi connectivity index (χ3v) is 10.8. The number of pyridine rings is 3. The molecule has 2 aliphatic rings. The quantitative estimate of drug-likeness (QED) is 0.132. The van der Waals surface area contributed by atoms with E-state index in [1.54, 1.807) is 75.6 Å². The van der Waals surface area contributed by atoms with E-state index in [2.05, 4.69) is 25.5 Å². The molecular formula is C44H52Cl2FN7O6. The van der Waals surface area contributed by atoms with Crippen LogP contribution < -0.4 is 15.4 Å². The Balaban J connectivity index is 1.18. The summed E-state index contributed by atoms with van der Waals surface area (Å²) in [5.41, 5.74) is 2.12. The Bertz CT molecular complexity index is 2220. The van der Waals surface area contributed by atoms with Gasteiger partial charge in [-0.1, -0.05) is 35.3 Å². The minimum Gasteiger partial charge on any atom is -0.481 e. The molecule has 0 bridgehead atoms. The number of amides is 2. The van der Waals surface area contributed by atoms with Crippen LogP contribution in [0.3, 0.4) is 0 Å². The van der Waals surface area contributed by atoms with Crippen LogP contribution in [-0.2, 0) is 32.2 Å². The van der Waals surface area contributed by atoms with Crippen LogP contribution in [0.25, 0.3) is 22.5 Å².